The van der Waals surface area contributed by atoms with Crippen molar-refractivity contribution >= 4 is 0 Å². The molecule has 1 aromatic rings. The third kappa shape index (κ3) is 3.46. The normalized spacial score (nSPS) is 18.5. The standard InChI is InChI=1S/C13H15F5N2/c14-9-5-8(6-10(15)13(9)18)11(7-12(16)17)20-3-1-19-2-4-20/h5-6,11-12,19H,1-4,7H2/t11-/m0/s1. The van der Waals surface area contributed by atoms with E-state index in [-0.39, 0.29) is 5.56 Å². The molecular formula is C13H15F5N2. The lowest BCUT2D eigenvalue weighted by Gasteiger charge is -2.35. The highest BCUT2D eigenvalue weighted by atomic mass is 19.3. The van der Waals surface area contributed by atoms with Gasteiger partial charge in [-0.2, -0.15) is 0 Å². The average molecular weight is 294 g/mol. The Hall–Kier alpha value is -1.21. The van der Waals surface area contributed by atoms with Gasteiger partial charge in [-0.3, -0.25) is 4.90 Å². The third-order valence-corrected chi connectivity index (χ3v) is 3.38. The molecule has 0 saturated carbocycles. The Morgan fingerprint density at radius 1 is 1.05 bits per heavy atom. The van der Waals surface area contributed by atoms with Gasteiger partial charge in [0, 0.05) is 38.6 Å². The first-order valence-corrected chi connectivity index (χ1v) is 6.36. The maximum atomic E-state index is 13.3. The first-order chi connectivity index (χ1) is 9.49. The Kier molecular flexibility index (Phi) is 4.93. The van der Waals surface area contributed by atoms with E-state index in [1.807, 2.05) is 0 Å². The van der Waals surface area contributed by atoms with Gasteiger partial charge in [0.1, 0.15) is 0 Å². The summed E-state index contributed by atoms with van der Waals surface area (Å²) in [5.74, 6) is -4.28. The number of hydrogen-bond donors (Lipinski definition) is 1. The number of piperazine rings is 1. The van der Waals surface area contributed by atoms with E-state index in [9.17, 15) is 22.0 Å². The maximum absolute atomic E-state index is 13.3. The summed E-state index contributed by atoms with van der Waals surface area (Å²) in [5.41, 5.74) is 0.0450. The molecule has 1 aromatic carbocycles. The summed E-state index contributed by atoms with van der Waals surface area (Å²) in [6.45, 7) is 2.23. The summed E-state index contributed by atoms with van der Waals surface area (Å²) in [7, 11) is 0. The predicted octanol–water partition coefficient (Wildman–Crippen LogP) is 2.71. The van der Waals surface area contributed by atoms with Crippen molar-refractivity contribution in [2.24, 2.45) is 0 Å². The van der Waals surface area contributed by atoms with Crippen molar-refractivity contribution in [2.75, 3.05) is 26.2 Å². The number of alkyl halides is 2. The van der Waals surface area contributed by atoms with Gasteiger partial charge in [0.05, 0.1) is 0 Å². The Bertz CT molecular complexity index is 437. The number of halogens is 5. The summed E-state index contributed by atoms with van der Waals surface area (Å²) in [5, 5.41) is 3.07. The van der Waals surface area contributed by atoms with Crippen LogP contribution in [0.5, 0.6) is 0 Å². The Morgan fingerprint density at radius 2 is 1.60 bits per heavy atom. The van der Waals surface area contributed by atoms with Crippen molar-refractivity contribution in [1.29, 1.82) is 0 Å². The van der Waals surface area contributed by atoms with Gasteiger partial charge in [-0.25, -0.2) is 22.0 Å². The van der Waals surface area contributed by atoms with Crippen LogP contribution in [0.15, 0.2) is 12.1 Å². The van der Waals surface area contributed by atoms with Crippen molar-refractivity contribution in [2.45, 2.75) is 18.9 Å². The highest BCUT2D eigenvalue weighted by Crippen LogP contribution is 2.29. The van der Waals surface area contributed by atoms with Crippen LogP contribution in [0.4, 0.5) is 22.0 Å². The summed E-state index contributed by atoms with van der Waals surface area (Å²) in [4.78, 5) is 1.73. The van der Waals surface area contributed by atoms with E-state index < -0.39 is 36.3 Å². The van der Waals surface area contributed by atoms with E-state index in [0.717, 1.165) is 12.1 Å². The molecule has 1 heterocycles. The summed E-state index contributed by atoms with van der Waals surface area (Å²) in [6, 6.07) is 0.780. The molecule has 2 nitrogen and oxygen atoms in total. The largest absolute Gasteiger partial charge is 0.314 e. The highest BCUT2D eigenvalue weighted by molar-refractivity contribution is 5.23. The summed E-state index contributed by atoms with van der Waals surface area (Å²) < 4.78 is 64.9. The van der Waals surface area contributed by atoms with Crippen LogP contribution in [0.25, 0.3) is 0 Å². The Morgan fingerprint density at radius 3 is 2.10 bits per heavy atom. The molecule has 0 spiro atoms. The molecule has 0 aromatic heterocycles. The molecule has 20 heavy (non-hydrogen) atoms. The van der Waals surface area contributed by atoms with Crippen LogP contribution in [0.1, 0.15) is 18.0 Å². The van der Waals surface area contributed by atoms with Crippen LogP contribution in [0, 0.1) is 17.5 Å². The van der Waals surface area contributed by atoms with Gasteiger partial charge < -0.3 is 5.32 Å². The van der Waals surface area contributed by atoms with Crippen molar-refractivity contribution in [3.05, 3.63) is 35.1 Å². The van der Waals surface area contributed by atoms with Crippen LogP contribution in [0.3, 0.4) is 0 Å². The second-order valence-electron chi connectivity index (χ2n) is 4.73. The first-order valence-electron chi connectivity index (χ1n) is 6.36. The Labute approximate surface area is 113 Å². The van der Waals surface area contributed by atoms with E-state index >= 15 is 0 Å². The number of nitrogens with one attached hydrogen (secondary N) is 1. The SMILES string of the molecule is Fc1cc([C@H](CC(F)F)N2CCNCC2)cc(F)c1F. The molecule has 0 bridgehead atoms. The minimum Gasteiger partial charge on any atom is -0.314 e. The molecule has 0 amide bonds. The zero-order valence-electron chi connectivity index (χ0n) is 10.7. The molecule has 1 fully saturated rings. The molecule has 0 unspecified atom stereocenters. The lowest BCUT2D eigenvalue weighted by molar-refractivity contribution is 0.0736. The highest BCUT2D eigenvalue weighted by Gasteiger charge is 2.27. The van der Waals surface area contributed by atoms with E-state index in [4.69, 9.17) is 0 Å². The average Bonchev–Trinajstić information content (AvgIpc) is 2.42. The van der Waals surface area contributed by atoms with Crippen molar-refractivity contribution in [1.82, 2.24) is 10.2 Å². The fraction of sp³-hybridized carbons (Fsp3) is 0.538. The monoisotopic (exact) mass is 294 g/mol. The van der Waals surface area contributed by atoms with Gasteiger partial charge >= 0.3 is 0 Å². The second kappa shape index (κ2) is 6.49. The van der Waals surface area contributed by atoms with Crippen LogP contribution in [-0.4, -0.2) is 37.5 Å². The maximum Gasteiger partial charge on any atom is 0.240 e. The second-order valence-corrected chi connectivity index (χ2v) is 4.73. The van der Waals surface area contributed by atoms with Crippen molar-refractivity contribution < 1.29 is 22.0 Å². The van der Waals surface area contributed by atoms with Crippen molar-refractivity contribution in [3.8, 4) is 0 Å². The molecular weight excluding hydrogens is 279 g/mol. The predicted molar refractivity (Wildman–Crippen MR) is 64.1 cm³/mol. The minimum atomic E-state index is -2.61. The summed E-state index contributed by atoms with van der Waals surface area (Å²) >= 11 is 0. The van der Waals surface area contributed by atoms with Gasteiger partial charge in [-0.05, 0) is 17.7 Å². The quantitative estimate of drug-likeness (QED) is 0.678. The van der Waals surface area contributed by atoms with E-state index in [1.54, 1.807) is 4.90 Å². The molecule has 0 aliphatic carbocycles. The van der Waals surface area contributed by atoms with E-state index in [0.29, 0.717) is 26.2 Å². The van der Waals surface area contributed by atoms with Gasteiger partial charge in [0.15, 0.2) is 17.5 Å². The van der Waals surface area contributed by atoms with Gasteiger partial charge in [-0.1, -0.05) is 0 Å². The molecule has 0 radical (unpaired) electrons. The molecule has 112 valence electrons. The van der Waals surface area contributed by atoms with E-state index in [2.05, 4.69) is 5.32 Å². The molecule has 2 rings (SSSR count). The zero-order chi connectivity index (χ0) is 14.7. The fourth-order valence-electron chi connectivity index (χ4n) is 2.43. The van der Waals surface area contributed by atoms with Gasteiger partial charge in [0.2, 0.25) is 6.43 Å². The van der Waals surface area contributed by atoms with Crippen LogP contribution < -0.4 is 5.32 Å². The van der Waals surface area contributed by atoms with Crippen LogP contribution in [0.2, 0.25) is 0 Å². The molecule has 1 aliphatic rings. The Balaban J connectivity index is 2.30. The van der Waals surface area contributed by atoms with Crippen molar-refractivity contribution in [3.63, 3.8) is 0 Å². The molecule has 1 atom stereocenters. The smallest absolute Gasteiger partial charge is 0.240 e. The number of benzene rings is 1. The molecule has 7 heteroatoms. The minimum absolute atomic E-state index is 0.0450. The lowest BCUT2D eigenvalue weighted by Crippen LogP contribution is -2.45. The van der Waals surface area contributed by atoms with Crippen LogP contribution in [-0.2, 0) is 0 Å². The van der Waals surface area contributed by atoms with Gasteiger partial charge in [-0.15, -0.1) is 0 Å². The van der Waals surface area contributed by atoms with Crippen LogP contribution >= 0.6 is 0 Å². The number of rotatable bonds is 4. The molecule has 1 saturated heterocycles. The lowest BCUT2D eigenvalue weighted by atomic mass is 10.0. The number of hydrogen-bond acceptors (Lipinski definition) is 2. The van der Waals surface area contributed by atoms with Gasteiger partial charge in [0.25, 0.3) is 0 Å². The first kappa shape index (κ1) is 15.2. The molecule has 1 aliphatic heterocycles. The fourth-order valence-corrected chi connectivity index (χ4v) is 2.43. The third-order valence-electron chi connectivity index (χ3n) is 3.38. The number of nitrogens with zero attached hydrogens (tertiary/aromatic N) is 1. The summed E-state index contributed by atoms with van der Waals surface area (Å²) in [6.07, 6.45) is -3.14. The topological polar surface area (TPSA) is 15.3 Å². The zero-order valence-corrected chi connectivity index (χ0v) is 10.7. The molecule has 1 N–H and O–H groups in total. The van der Waals surface area contributed by atoms with E-state index in [1.165, 1.54) is 0 Å².